The molecule has 0 saturated carbocycles. The molecule has 1 aliphatic heterocycles. The van der Waals surface area contributed by atoms with Crippen molar-refractivity contribution in [2.45, 2.75) is 6.42 Å². The van der Waals surface area contributed by atoms with Gasteiger partial charge in [-0.3, -0.25) is 9.69 Å². The highest BCUT2D eigenvalue weighted by Crippen LogP contribution is 2.27. The Labute approximate surface area is 168 Å². The third kappa shape index (κ3) is 3.06. The molecule has 4 aromatic rings. The zero-order valence-corrected chi connectivity index (χ0v) is 15.7. The van der Waals surface area contributed by atoms with Crippen molar-refractivity contribution in [1.82, 2.24) is 9.88 Å². The van der Waals surface area contributed by atoms with Crippen LogP contribution in [0.1, 0.15) is 15.9 Å². The van der Waals surface area contributed by atoms with Crippen molar-refractivity contribution in [3.8, 4) is 11.1 Å². The summed E-state index contributed by atoms with van der Waals surface area (Å²) in [5, 5.41) is 3.78. The van der Waals surface area contributed by atoms with Crippen LogP contribution in [0.25, 0.3) is 22.0 Å². The second-order valence-electron chi connectivity index (χ2n) is 7.12. The van der Waals surface area contributed by atoms with E-state index in [1.165, 1.54) is 4.90 Å². The lowest BCUT2D eigenvalue weighted by molar-refractivity contribution is 0.0798. The Hall–Kier alpha value is -3.86. The molecule has 0 atom stereocenters. The fourth-order valence-electron chi connectivity index (χ4n) is 3.85. The van der Waals surface area contributed by atoms with Gasteiger partial charge >= 0.3 is 6.03 Å². The van der Waals surface area contributed by atoms with E-state index in [1.807, 2.05) is 66.7 Å². The molecule has 29 heavy (non-hydrogen) atoms. The van der Waals surface area contributed by atoms with Crippen LogP contribution in [0.4, 0.5) is 10.5 Å². The molecule has 0 bridgehead atoms. The number of aromatic amines is 1. The predicted molar refractivity (Wildman–Crippen MR) is 114 cm³/mol. The van der Waals surface area contributed by atoms with Crippen LogP contribution in [-0.2, 0) is 6.42 Å². The number of para-hydroxylation sites is 1. The van der Waals surface area contributed by atoms with Crippen LogP contribution in [-0.4, -0.2) is 28.4 Å². The van der Waals surface area contributed by atoms with Crippen molar-refractivity contribution in [2.24, 2.45) is 0 Å². The molecule has 0 saturated heterocycles. The first kappa shape index (κ1) is 17.3. The van der Waals surface area contributed by atoms with Crippen LogP contribution in [0.3, 0.4) is 0 Å². The quantitative estimate of drug-likeness (QED) is 0.509. The van der Waals surface area contributed by atoms with Crippen LogP contribution < -0.4 is 5.32 Å². The largest absolute Gasteiger partial charge is 0.359 e. The molecule has 1 aromatic heterocycles. The molecular weight excluding hydrogens is 362 g/mol. The van der Waals surface area contributed by atoms with Gasteiger partial charge in [-0.25, -0.2) is 4.79 Å². The standard InChI is InChI=1S/C24H19N3O2/c28-23-19-11-10-17(16-6-2-1-3-7-16)14-18(19)12-13-27(23)24(29)26-22-15-25-21-9-5-4-8-20(21)22/h1-11,14-15,25H,12-13H2,(H,26,29). The Balaban J connectivity index is 1.39. The van der Waals surface area contributed by atoms with Crippen LogP contribution in [0.15, 0.2) is 79.0 Å². The zero-order chi connectivity index (χ0) is 19.8. The third-order valence-corrected chi connectivity index (χ3v) is 5.37. The molecule has 2 heterocycles. The highest BCUT2D eigenvalue weighted by Gasteiger charge is 2.29. The number of fused-ring (bicyclic) bond motifs is 2. The number of amides is 3. The lowest BCUT2D eigenvalue weighted by atomic mass is 9.94. The van der Waals surface area contributed by atoms with E-state index in [4.69, 9.17) is 0 Å². The summed E-state index contributed by atoms with van der Waals surface area (Å²) >= 11 is 0. The number of imide groups is 1. The monoisotopic (exact) mass is 381 g/mol. The number of benzene rings is 3. The molecule has 0 spiro atoms. The molecule has 0 aliphatic carbocycles. The number of nitrogens with one attached hydrogen (secondary N) is 2. The van der Waals surface area contributed by atoms with Gasteiger partial charge in [0.1, 0.15) is 0 Å². The topological polar surface area (TPSA) is 65.2 Å². The molecule has 0 radical (unpaired) electrons. The normalized spacial score (nSPS) is 13.4. The second kappa shape index (κ2) is 6.95. The Kier molecular flexibility index (Phi) is 4.13. The molecule has 0 unspecified atom stereocenters. The van der Waals surface area contributed by atoms with E-state index in [2.05, 4.69) is 16.4 Å². The van der Waals surface area contributed by atoms with E-state index in [0.717, 1.165) is 27.6 Å². The van der Waals surface area contributed by atoms with Gasteiger partial charge in [-0.1, -0.05) is 60.7 Å². The summed E-state index contributed by atoms with van der Waals surface area (Å²) in [7, 11) is 0. The second-order valence-corrected chi connectivity index (χ2v) is 7.12. The molecule has 142 valence electrons. The number of hydrogen-bond donors (Lipinski definition) is 2. The molecule has 5 nitrogen and oxygen atoms in total. The van der Waals surface area contributed by atoms with E-state index in [-0.39, 0.29) is 5.91 Å². The third-order valence-electron chi connectivity index (χ3n) is 5.37. The first-order valence-corrected chi connectivity index (χ1v) is 9.58. The molecule has 0 fully saturated rings. The highest BCUT2D eigenvalue weighted by molar-refractivity contribution is 6.11. The van der Waals surface area contributed by atoms with Gasteiger partial charge in [0.15, 0.2) is 0 Å². The Morgan fingerprint density at radius 1 is 0.931 bits per heavy atom. The number of aromatic nitrogens is 1. The van der Waals surface area contributed by atoms with Gasteiger partial charge in [-0.2, -0.15) is 0 Å². The number of H-pyrrole nitrogens is 1. The van der Waals surface area contributed by atoms with E-state index in [1.54, 1.807) is 6.20 Å². The van der Waals surface area contributed by atoms with Gasteiger partial charge in [-0.15, -0.1) is 0 Å². The van der Waals surface area contributed by atoms with Crippen molar-refractivity contribution in [1.29, 1.82) is 0 Å². The number of hydrogen-bond acceptors (Lipinski definition) is 2. The average molecular weight is 381 g/mol. The maximum atomic E-state index is 13.0. The lowest BCUT2D eigenvalue weighted by Gasteiger charge is -2.27. The molecular formula is C24H19N3O2. The van der Waals surface area contributed by atoms with Gasteiger partial charge in [0.25, 0.3) is 5.91 Å². The van der Waals surface area contributed by atoms with Gasteiger partial charge in [0, 0.05) is 29.2 Å². The summed E-state index contributed by atoms with van der Waals surface area (Å²) in [6.07, 6.45) is 2.39. The number of nitrogens with zero attached hydrogens (tertiary/aromatic N) is 1. The fraction of sp³-hybridized carbons (Fsp3) is 0.0833. The minimum atomic E-state index is -0.405. The van der Waals surface area contributed by atoms with Crippen molar-refractivity contribution in [2.75, 3.05) is 11.9 Å². The SMILES string of the molecule is O=C(Nc1c[nH]c2ccccc12)N1CCc2cc(-c3ccccc3)ccc2C1=O. The molecule has 3 amide bonds. The van der Waals surface area contributed by atoms with Crippen LogP contribution in [0.5, 0.6) is 0 Å². The number of carbonyl (C=O) groups excluding carboxylic acids is 2. The number of carbonyl (C=O) groups is 2. The minimum absolute atomic E-state index is 0.261. The molecule has 3 aromatic carbocycles. The Morgan fingerprint density at radius 3 is 2.59 bits per heavy atom. The predicted octanol–water partition coefficient (Wildman–Crippen LogP) is 5.07. The van der Waals surface area contributed by atoms with Crippen molar-refractivity contribution in [3.63, 3.8) is 0 Å². The fourth-order valence-corrected chi connectivity index (χ4v) is 3.85. The van der Waals surface area contributed by atoms with E-state index < -0.39 is 6.03 Å². The van der Waals surface area contributed by atoms with E-state index >= 15 is 0 Å². The summed E-state index contributed by atoms with van der Waals surface area (Å²) in [6, 6.07) is 23.2. The minimum Gasteiger partial charge on any atom is -0.359 e. The van der Waals surface area contributed by atoms with Gasteiger partial charge in [-0.05, 0) is 35.2 Å². The van der Waals surface area contributed by atoms with Crippen LogP contribution in [0.2, 0.25) is 0 Å². The lowest BCUT2D eigenvalue weighted by Crippen LogP contribution is -2.44. The van der Waals surface area contributed by atoms with Crippen molar-refractivity contribution < 1.29 is 9.59 Å². The van der Waals surface area contributed by atoms with E-state index in [9.17, 15) is 9.59 Å². The summed E-state index contributed by atoms with van der Waals surface area (Å²) in [6.45, 7) is 0.359. The molecule has 2 N–H and O–H groups in total. The smallest absolute Gasteiger partial charge is 0.328 e. The molecule has 5 heteroatoms. The number of rotatable bonds is 2. The highest BCUT2D eigenvalue weighted by atomic mass is 16.2. The maximum Gasteiger partial charge on any atom is 0.328 e. The Morgan fingerprint density at radius 2 is 1.72 bits per heavy atom. The van der Waals surface area contributed by atoms with Crippen molar-refractivity contribution >= 4 is 28.5 Å². The average Bonchev–Trinajstić information content (AvgIpc) is 3.17. The summed E-state index contributed by atoms with van der Waals surface area (Å²) < 4.78 is 0. The van der Waals surface area contributed by atoms with Crippen LogP contribution in [0, 0.1) is 0 Å². The zero-order valence-electron chi connectivity index (χ0n) is 15.7. The van der Waals surface area contributed by atoms with E-state index in [0.29, 0.717) is 24.2 Å². The maximum absolute atomic E-state index is 13.0. The van der Waals surface area contributed by atoms with Crippen LogP contribution >= 0.6 is 0 Å². The Bertz CT molecular complexity index is 1230. The first-order chi connectivity index (χ1) is 14.2. The number of anilines is 1. The number of urea groups is 1. The van der Waals surface area contributed by atoms with Gasteiger partial charge in [0.05, 0.1) is 5.69 Å². The summed E-state index contributed by atoms with van der Waals surface area (Å²) in [4.78, 5) is 30.2. The molecule has 5 rings (SSSR count). The van der Waals surface area contributed by atoms with Gasteiger partial charge in [0.2, 0.25) is 0 Å². The summed E-state index contributed by atoms with van der Waals surface area (Å²) in [5.74, 6) is -0.261. The first-order valence-electron chi connectivity index (χ1n) is 9.58. The summed E-state index contributed by atoms with van der Waals surface area (Å²) in [5.41, 5.74) is 5.36. The van der Waals surface area contributed by atoms with Gasteiger partial charge < -0.3 is 10.3 Å². The molecule has 1 aliphatic rings. The van der Waals surface area contributed by atoms with Crippen molar-refractivity contribution in [3.05, 3.63) is 90.1 Å².